The van der Waals surface area contributed by atoms with Gasteiger partial charge in [-0.1, -0.05) is 18.2 Å². The molecule has 3 N–H and O–H groups in total. The number of benzene rings is 1. The van der Waals surface area contributed by atoms with Crippen LogP contribution in [0.25, 0.3) is 10.9 Å². The predicted octanol–water partition coefficient (Wildman–Crippen LogP) is 3.31. The van der Waals surface area contributed by atoms with E-state index in [2.05, 4.69) is 51.1 Å². The summed E-state index contributed by atoms with van der Waals surface area (Å²) in [5, 5.41) is 8.02. The number of hydrogen-bond donors (Lipinski definition) is 3. The van der Waals surface area contributed by atoms with E-state index >= 15 is 0 Å². The molecule has 6 heteroatoms. The van der Waals surface area contributed by atoms with Crippen LogP contribution < -0.4 is 10.6 Å². The zero-order chi connectivity index (χ0) is 16.6. The van der Waals surface area contributed by atoms with Gasteiger partial charge in [0.1, 0.15) is 0 Å². The number of rotatable bonds is 9. The van der Waals surface area contributed by atoms with Gasteiger partial charge in [0.05, 0.1) is 0 Å². The van der Waals surface area contributed by atoms with Gasteiger partial charge in [0, 0.05) is 50.5 Å². The van der Waals surface area contributed by atoms with Crippen molar-refractivity contribution in [2.24, 2.45) is 10.9 Å². The van der Waals surface area contributed by atoms with Crippen LogP contribution in [0.1, 0.15) is 24.8 Å². The maximum Gasteiger partial charge on any atom is 0.190 e. The van der Waals surface area contributed by atoms with Crippen molar-refractivity contribution >= 4 is 40.8 Å². The lowest BCUT2D eigenvalue weighted by atomic mass is 10.1. The molecular formula is C19H29IN4O. The summed E-state index contributed by atoms with van der Waals surface area (Å²) in [4.78, 5) is 7.59. The number of guanidine groups is 1. The molecule has 0 saturated heterocycles. The summed E-state index contributed by atoms with van der Waals surface area (Å²) >= 11 is 0. The Morgan fingerprint density at radius 2 is 2.04 bits per heavy atom. The third-order valence-electron chi connectivity index (χ3n) is 4.39. The van der Waals surface area contributed by atoms with Crippen molar-refractivity contribution in [1.29, 1.82) is 0 Å². The van der Waals surface area contributed by atoms with Gasteiger partial charge in [-0.15, -0.1) is 24.0 Å². The van der Waals surface area contributed by atoms with Crippen molar-refractivity contribution in [3.8, 4) is 0 Å². The molecule has 3 rings (SSSR count). The fourth-order valence-corrected chi connectivity index (χ4v) is 2.79. The number of nitrogens with one attached hydrogen (secondary N) is 3. The summed E-state index contributed by atoms with van der Waals surface area (Å²) in [6.45, 7) is 3.52. The number of aromatic amines is 1. The molecule has 0 atom stereocenters. The lowest BCUT2D eigenvalue weighted by Crippen LogP contribution is -2.39. The van der Waals surface area contributed by atoms with Gasteiger partial charge in [-0.25, -0.2) is 0 Å². The van der Waals surface area contributed by atoms with Crippen LogP contribution in [0.3, 0.4) is 0 Å². The second kappa shape index (κ2) is 10.7. The van der Waals surface area contributed by atoms with Gasteiger partial charge in [-0.05, 0) is 43.2 Å². The van der Waals surface area contributed by atoms with Gasteiger partial charge in [-0.3, -0.25) is 4.99 Å². The molecule has 1 aliphatic rings. The van der Waals surface area contributed by atoms with Crippen molar-refractivity contribution in [3.63, 3.8) is 0 Å². The first-order chi connectivity index (χ1) is 11.9. The largest absolute Gasteiger partial charge is 0.381 e. The number of fused-ring (bicyclic) bond motifs is 1. The minimum atomic E-state index is 0. The Hall–Kier alpha value is -1.28. The van der Waals surface area contributed by atoms with Crippen LogP contribution in [-0.2, 0) is 11.2 Å². The molecule has 0 radical (unpaired) electrons. The van der Waals surface area contributed by atoms with Crippen molar-refractivity contribution in [2.45, 2.75) is 25.7 Å². The third-order valence-corrected chi connectivity index (χ3v) is 4.39. The maximum atomic E-state index is 5.64. The first kappa shape index (κ1) is 20.0. The summed E-state index contributed by atoms with van der Waals surface area (Å²) in [6.07, 6.45) is 6.78. The van der Waals surface area contributed by atoms with Gasteiger partial charge in [-0.2, -0.15) is 0 Å². The Balaban J connectivity index is 0.00000225. The second-order valence-corrected chi connectivity index (χ2v) is 6.41. The molecule has 1 aliphatic carbocycles. The summed E-state index contributed by atoms with van der Waals surface area (Å²) in [7, 11) is 1.81. The van der Waals surface area contributed by atoms with Crippen LogP contribution in [0.5, 0.6) is 0 Å². The smallest absolute Gasteiger partial charge is 0.190 e. The van der Waals surface area contributed by atoms with Gasteiger partial charge in [0.15, 0.2) is 5.96 Å². The van der Waals surface area contributed by atoms with Gasteiger partial charge in [0.2, 0.25) is 0 Å². The van der Waals surface area contributed by atoms with E-state index in [1.54, 1.807) is 0 Å². The molecule has 1 aromatic heterocycles. The van der Waals surface area contributed by atoms with Gasteiger partial charge in [0.25, 0.3) is 0 Å². The average Bonchev–Trinajstić information content (AvgIpc) is 3.35. The highest BCUT2D eigenvalue weighted by Crippen LogP contribution is 2.28. The number of nitrogens with zero attached hydrogens (tertiary/aromatic N) is 1. The number of halogens is 1. The quantitative estimate of drug-likeness (QED) is 0.235. The van der Waals surface area contributed by atoms with Crippen LogP contribution in [0.4, 0.5) is 0 Å². The van der Waals surface area contributed by atoms with Crippen LogP contribution in [0, 0.1) is 5.92 Å². The van der Waals surface area contributed by atoms with Crippen LogP contribution in [-0.4, -0.2) is 44.3 Å². The lowest BCUT2D eigenvalue weighted by Gasteiger charge is -2.11. The predicted molar refractivity (Wildman–Crippen MR) is 115 cm³/mol. The first-order valence-electron chi connectivity index (χ1n) is 8.94. The molecule has 25 heavy (non-hydrogen) atoms. The van der Waals surface area contributed by atoms with E-state index in [1.807, 2.05) is 7.05 Å². The number of ether oxygens (including phenoxy) is 1. The minimum Gasteiger partial charge on any atom is -0.381 e. The molecule has 0 unspecified atom stereocenters. The van der Waals surface area contributed by atoms with E-state index in [0.29, 0.717) is 0 Å². The van der Waals surface area contributed by atoms with Crippen molar-refractivity contribution in [1.82, 2.24) is 15.6 Å². The number of aliphatic imine (C=N–C) groups is 1. The molecule has 1 aromatic carbocycles. The lowest BCUT2D eigenvalue weighted by molar-refractivity contribution is 0.123. The van der Waals surface area contributed by atoms with E-state index in [-0.39, 0.29) is 24.0 Å². The van der Waals surface area contributed by atoms with E-state index < -0.39 is 0 Å². The van der Waals surface area contributed by atoms with Crippen molar-refractivity contribution < 1.29 is 4.74 Å². The Bertz CT molecular complexity index is 666. The molecule has 0 amide bonds. The summed E-state index contributed by atoms with van der Waals surface area (Å²) in [6, 6.07) is 8.41. The molecule has 2 aromatic rings. The van der Waals surface area contributed by atoms with Gasteiger partial charge >= 0.3 is 0 Å². The van der Waals surface area contributed by atoms with Crippen LogP contribution in [0.2, 0.25) is 0 Å². The van der Waals surface area contributed by atoms with E-state index in [1.165, 1.54) is 29.3 Å². The highest BCUT2D eigenvalue weighted by atomic mass is 127. The van der Waals surface area contributed by atoms with Gasteiger partial charge < -0.3 is 20.4 Å². The summed E-state index contributed by atoms with van der Waals surface area (Å²) in [5.74, 6) is 1.70. The topological polar surface area (TPSA) is 61.4 Å². The number of H-pyrrole nitrogens is 1. The highest BCUT2D eigenvalue weighted by molar-refractivity contribution is 14.0. The molecule has 1 heterocycles. The normalized spacial score (nSPS) is 14.4. The highest BCUT2D eigenvalue weighted by Gasteiger charge is 2.20. The van der Waals surface area contributed by atoms with E-state index in [4.69, 9.17) is 4.74 Å². The number of aromatic nitrogens is 1. The molecule has 0 spiro atoms. The van der Waals surface area contributed by atoms with Crippen LogP contribution >= 0.6 is 24.0 Å². The average molecular weight is 456 g/mol. The Morgan fingerprint density at radius 1 is 1.24 bits per heavy atom. The summed E-state index contributed by atoms with van der Waals surface area (Å²) < 4.78 is 5.64. The molecule has 1 saturated carbocycles. The van der Waals surface area contributed by atoms with E-state index in [9.17, 15) is 0 Å². The maximum absolute atomic E-state index is 5.64. The van der Waals surface area contributed by atoms with Crippen molar-refractivity contribution in [3.05, 3.63) is 36.0 Å². The number of para-hydroxylation sites is 1. The fraction of sp³-hybridized carbons (Fsp3) is 0.526. The monoisotopic (exact) mass is 456 g/mol. The Labute approximate surface area is 167 Å². The SMILES string of the molecule is CN=C(NCCCOCC1CC1)NCCc1c[nH]c2ccccc12.I. The summed E-state index contributed by atoms with van der Waals surface area (Å²) in [5.41, 5.74) is 2.53. The molecule has 138 valence electrons. The molecular weight excluding hydrogens is 427 g/mol. The third kappa shape index (κ3) is 6.51. The number of hydrogen-bond acceptors (Lipinski definition) is 2. The molecule has 1 fully saturated rings. The Kier molecular flexibility index (Phi) is 8.54. The standard InChI is InChI=1S/C19H28N4O.HI/c1-20-19(21-10-4-12-24-14-15-7-8-15)22-11-9-16-13-23-18-6-3-2-5-17(16)18;/h2-3,5-6,13,15,23H,4,7-12,14H2,1H3,(H2,20,21,22);1H. The zero-order valence-electron chi connectivity index (χ0n) is 14.9. The Morgan fingerprint density at radius 3 is 2.84 bits per heavy atom. The zero-order valence-corrected chi connectivity index (χ0v) is 17.2. The van der Waals surface area contributed by atoms with E-state index in [0.717, 1.165) is 51.0 Å². The second-order valence-electron chi connectivity index (χ2n) is 6.41. The first-order valence-corrected chi connectivity index (χ1v) is 8.94. The molecule has 0 bridgehead atoms. The minimum absolute atomic E-state index is 0. The molecule has 0 aliphatic heterocycles. The fourth-order valence-electron chi connectivity index (χ4n) is 2.79. The van der Waals surface area contributed by atoms with Crippen LogP contribution in [0.15, 0.2) is 35.5 Å². The molecule has 5 nitrogen and oxygen atoms in total. The van der Waals surface area contributed by atoms with Crippen molar-refractivity contribution in [2.75, 3.05) is 33.4 Å².